The zero-order chi connectivity index (χ0) is 8.08. The molecule has 4 N–H and O–H groups in total. The SMILES string of the molecule is OB(O)F.[O]=[Cr](=[O])([OH])[OH]. The fourth-order valence-electron chi connectivity index (χ4n) is 0. The van der Waals surface area contributed by atoms with Gasteiger partial charge in [-0.25, -0.2) is 0 Å². The van der Waals surface area contributed by atoms with Crippen LogP contribution in [0.15, 0.2) is 0 Å². The summed E-state index contributed by atoms with van der Waals surface area (Å²) in [6.45, 7) is 0. The average molecular weight is 182 g/mol. The Morgan fingerprint density at radius 2 is 1.22 bits per heavy atom. The van der Waals surface area contributed by atoms with Gasteiger partial charge in [0, 0.05) is 0 Å². The molecular weight excluding hydrogens is 178 g/mol. The first kappa shape index (κ1) is 11.7. The van der Waals surface area contributed by atoms with Crippen LogP contribution in [0.1, 0.15) is 0 Å². The maximum atomic E-state index is 10.1. The molecule has 9 heavy (non-hydrogen) atoms. The molecule has 0 atom stereocenters. The van der Waals surface area contributed by atoms with Crippen molar-refractivity contribution in [2.75, 3.05) is 0 Å². The van der Waals surface area contributed by atoms with E-state index in [0.717, 1.165) is 0 Å². The van der Waals surface area contributed by atoms with Crippen LogP contribution < -0.4 is 0 Å². The fraction of sp³-hybridized carbons (Fsp3) is 0. The molecular formula is H4BCrFO6. The first-order chi connectivity index (χ1) is 3.73. The van der Waals surface area contributed by atoms with Crippen molar-refractivity contribution in [1.82, 2.24) is 0 Å². The molecule has 0 radical (unpaired) electrons. The first-order valence-corrected chi connectivity index (χ1v) is 3.61. The third kappa shape index (κ3) is 267000. The van der Waals surface area contributed by atoms with Crippen LogP contribution in [0.25, 0.3) is 0 Å². The minimum absolute atomic E-state index is 2.67. The van der Waals surface area contributed by atoms with Crippen molar-refractivity contribution in [3.8, 4) is 0 Å². The Morgan fingerprint density at radius 1 is 1.22 bits per heavy atom. The second-order valence-electron chi connectivity index (χ2n) is 0.758. The summed E-state index contributed by atoms with van der Waals surface area (Å²) < 4.78 is 42.0. The molecule has 0 fully saturated rings. The minimum atomic E-state index is -5.25. The summed E-state index contributed by atoms with van der Waals surface area (Å²) in [6.07, 6.45) is 0. The van der Waals surface area contributed by atoms with Crippen LogP contribution in [0.5, 0.6) is 0 Å². The van der Waals surface area contributed by atoms with Gasteiger partial charge in [0.1, 0.15) is 0 Å². The molecule has 0 aromatic carbocycles. The standard InChI is InChI=1S/BFH2O2.Cr.2H2O.2O/c2-1(3)4;;;;;/h3-4H;;2*1H2;;/q;+2;;;;/p-2. The van der Waals surface area contributed by atoms with Crippen molar-refractivity contribution in [2.24, 2.45) is 0 Å². The third-order valence-corrected chi connectivity index (χ3v) is 0. The van der Waals surface area contributed by atoms with Gasteiger partial charge in [0.25, 0.3) is 0 Å². The molecule has 6 nitrogen and oxygen atoms in total. The Balaban J connectivity index is 0. The maximum absolute atomic E-state index is 10.1. The normalized spacial score (nSPS) is 9.44. The molecule has 0 aromatic rings. The molecule has 0 spiro atoms. The second kappa shape index (κ2) is 4.81. The van der Waals surface area contributed by atoms with E-state index < -0.39 is 21.0 Å². The molecule has 56 valence electrons. The van der Waals surface area contributed by atoms with E-state index in [1.54, 1.807) is 0 Å². The van der Waals surface area contributed by atoms with Crippen LogP contribution in [-0.2, 0) is 21.2 Å². The van der Waals surface area contributed by atoms with E-state index in [2.05, 4.69) is 0 Å². The molecule has 0 amide bonds. The van der Waals surface area contributed by atoms with Gasteiger partial charge in [-0.1, -0.05) is 0 Å². The molecule has 0 saturated carbocycles. The summed E-state index contributed by atoms with van der Waals surface area (Å²) in [6, 6.07) is 0. The molecule has 0 aromatic heterocycles. The topological polar surface area (TPSA) is 115 Å². The molecule has 0 rings (SSSR count). The van der Waals surface area contributed by atoms with Crippen LogP contribution in [0, 0.1) is 0 Å². The van der Waals surface area contributed by atoms with Crippen molar-refractivity contribution >= 4 is 7.40 Å². The summed E-state index contributed by atoms with van der Waals surface area (Å²) in [5, 5.41) is 13.9. The quantitative estimate of drug-likeness (QED) is 0.309. The van der Waals surface area contributed by atoms with E-state index in [1.807, 2.05) is 0 Å². The monoisotopic (exact) mass is 182 g/mol. The third-order valence-electron chi connectivity index (χ3n) is 0. The average Bonchev–Trinajstić information content (AvgIpc) is 1.19. The molecule has 9 heteroatoms. The molecule has 0 aliphatic rings. The van der Waals surface area contributed by atoms with Gasteiger partial charge in [0.15, 0.2) is 0 Å². The van der Waals surface area contributed by atoms with E-state index in [0.29, 0.717) is 0 Å². The Morgan fingerprint density at radius 3 is 1.22 bits per heavy atom. The van der Waals surface area contributed by atoms with E-state index >= 15 is 0 Å². The number of halogens is 1. The molecule has 0 aliphatic carbocycles. The van der Waals surface area contributed by atoms with Gasteiger partial charge in [-0.3, -0.25) is 4.32 Å². The predicted octanol–water partition coefficient (Wildman–Crippen LogP) is -2.43. The van der Waals surface area contributed by atoms with Crippen molar-refractivity contribution in [2.45, 2.75) is 0 Å². The van der Waals surface area contributed by atoms with Gasteiger partial charge in [0.2, 0.25) is 0 Å². The van der Waals surface area contributed by atoms with E-state index in [9.17, 15) is 4.32 Å². The van der Waals surface area contributed by atoms with Gasteiger partial charge in [-0.05, 0) is 0 Å². The first-order valence-electron chi connectivity index (χ1n) is 1.43. The number of hydrogen-bond donors (Lipinski definition) is 4. The van der Waals surface area contributed by atoms with Gasteiger partial charge in [-0.2, -0.15) is 0 Å². The van der Waals surface area contributed by atoms with E-state index in [4.69, 9.17) is 26.0 Å². The predicted molar refractivity (Wildman–Crippen MR) is 17.1 cm³/mol. The van der Waals surface area contributed by atoms with Crippen molar-refractivity contribution in [3.05, 3.63) is 0 Å². The molecule has 0 aliphatic heterocycles. The van der Waals surface area contributed by atoms with Crippen molar-refractivity contribution in [1.29, 1.82) is 0 Å². The summed E-state index contributed by atoms with van der Waals surface area (Å²) in [4.78, 5) is 0. The summed E-state index contributed by atoms with van der Waals surface area (Å²) in [5.74, 6) is 0. The Hall–Kier alpha value is -0.0326. The van der Waals surface area contributed by atoms with E-state index in [-0.39, 0.29) is 0 Å². The molecule has 0 unspecified atom stereocenters. The van der Waals surface area contributed by atoms with Crippen LogP contribution in [0.3, 0.4) is 0 Å². The Bertz CT molecular complexity index is 124. The number of rotatable bonds is 0. The van der Waals surface area contributed by atoms with Gasteiger partial charge >= 0.3 is 36.9 Å². The van der Waals surface area contributed by atoms with Crippen LogP contribution >= 0.6 is 0 Å². The van der Waals surface area contributed by atoms with Crippen LogP contribution in [-0.4, -0.2) is 25.8 Å². The van der Waals surface area contributed by atoms with Crippen LogP contribution in [0.2, 0.25) is 0 Å². The summed E-state index contributed by atoms with van der Waals surface area (Å²) >= 11 is -5.25. The fourth-order valence-corrected chi connectivity index (χ4v) is 0. The number of hydrogen-bond acceptors (Lipinski definition) is 4. The molecule has 0 saturated heterocycles. The molecule has 0 bridgehead atoms. The van der Waals surface area contributed by atoms with Crippen molar-refractivity contribution in [3.63, 3.8) is 0 Å². The van der Waals surface area contributed by atoms with Crippen molar-refractivity contribution < 1.29 is 43.9 Å². The Kier molecular flexibility index (Phi) is 6.27. The van der Waals surface area contributed by atoms with Gasteiger partial charge < -0.3 is 10.0 Å². The van der Waals surface area contributed by atoms with E-state index in [1.165, 1.54) is 0 Å². The second-order valence-corrected chi connectivity index (χ2v) is 2.16. The Labute approximate surface area is 52.1 Å². The summed E-state index contributed by atoms with van der Waals surface area (Å²) in [5.41, 5.74) is 0. The van der Waals surface area contributed by atoms with Gasteiger partial charge in [-0.15, -0.1) is 0 Å². The zero-order valence-electron chi connectivity index (χ0n) is 3.97. The zero-order valence-corrected chi connectivity index (χ0v) is 5.24. The van der Waals surface area contributed by atoms with Crippen LogP contribution in [0.4, 0.5) is 4.32 Å². The summed E-state index contributed by atoms with van der Waals surface area (Å²) in [7, 11) is -2.67. The van der Waals surface area contributed by atoms with Gasteiger partial charge in [0.05, 0.1) is 0 Å². The molecule has 0 heterocycles.